The fourth-order valence-corrected chi connectivity index (χ4v) is 2.51. The molecule has 0 aliphatic rings. The van der Waals surface area contributed by atoms with Gasteiger partial charge < -0.3 is 15.1 Å². The van der Waals surface area contributed by atoms with Gasteiger partial charge in [-0.2, -0.15) is 5.10 Å². The van der Waals surface area contributed by atoms with E-state index in [4.69, 9.17) is 11.6 Å². The Morgan fingerprint density at radius 2 is 1.90 bits per heavy atom. The van der Waals surface area contributed by atoms with E-state index in [1.807, 2.05) is 4.68 Å². The van der Waals surface area contributed by atoms with Crippen LogP contribution in [0.5, 0.6) is 0 Å². The van der Waals surface area contributed by atoms with Crippen molar-refractivity contribution in [1.82, 2.24) is 24.9 Å². The third-order valence-electron chi connectivity index (χ3n) is 3.43. The molecular weight excluding hydrogens is 286 g/mol. The Kier molecular flexibility index (Phi) is 8.26. The Bertz CT molecular complexity index is 403. The minimum absolute atomic E-state index is 0.254. The van der Waals surface area contributed by atoms with Crippen molar-refractivity contribution in [3.8, 4) is 0 Å². The Morgan fingerprint density at radius 3 is 2.48 bits per heavy atom. The van der Waals surface area contributed by atoms with E-state index in [0.717, 1.165) is 49.7 Å². The van der Waals surface area contributed by atoms with Gasteiger partial charge in [0.1, 0.15) is 0 Å². The summed E-state index contributed by atoms with van der Waals surface area (Å²) < 4.78 is 2.05. The Labute approximate surface area is 134 Å². The lowest BCUT2D eigenvalue weighted by atomic mass is 10.1. The van der Waals surface area contributed by atoms with Gasteiger partial charge in [0, 0.05) is 6.54 Å². The molecule has 1 heterocycles. The summed E-state index contributed by atoms with van der Waals surface area (Å²) in [5, 5.41) is 8.82. The first-order valence-corrected chi connectivity index (χ1v) is 8.07. The van der Waals surface area contributed by atoms with Gasteiger partial charge in [-0.1, -0.05) is 18.5 Å². The zero-order valence-electron chi connectivity index (χ0n) is 14.1. The van der Waals surface area contributed by atoms with Crippen molar-refractivity contribution in [1.29, 1.82) is 0 Å². The number of rotatable bonds is 10. The lowest BCUT2D eigenvalue weighted by Crippen LogP contribution is -2.29. The molecule has 1 unspecified atom stereocenters. The molecular formula is C15H30ClN5. The first-order valence-electron chi connectivity index (χ1n) is 7.69. The molecule has 0 aliphatic carbocycles. The van der Waals surface area contributed by atoms with E-state index in [-0.39, 0.29) is 6.04 Å². The molecule has 0 radical (unpaired) electrons. The highest BCUT2D eigenvalue weighted by atomic mass is 35.5. The molecule has 1 N–H and O–H groups in total. The van der Waals surface area contributed by atoms with Crippen molar-refractivity contribution in [3.05, 3.63) is 16.9 Å². The Hall–Kier alpha value is -0.620. The zero-order chi connectivity index (χ0) is 15.8. The van der Waals surface area contributed by atoms with Crippen LogP contribution < -0.4 is 5.32 Å². The predicted octanol–water partition coefficient (Wildman–Crippen LogP) is 2.09. The number of halogens is 1. The van der Waals surface area contributed by atoms with Gasteiger partial charge in [-0.15, -0.1) is 0 Å². The van der Waals surface area contributed by atoms with Crippen molar-refractivity contribution in [2.75, 3.05) is 47.8 Å². The molecule has 6 heteroatoms. The van der Waals surface area contributed by atoms with E-state index in [9.17, 15) is 0 Å². The molecule has 1 atom stereocenters. The Morgan fingerprint density at radius 1 is 1.24 bits per heavy atom. The maximum atomic E-state index is 6.40. The molecule has 0 fully saturated rings. The van der Waals surface area contributed by atoms with Gasteiger partial charge in [-0.3, -0.25) is 4.68 Å². The number of likely N-dealkylation sites (N-methyl/N-ethyl adjacent to an activating group) is 1. The number of nitrogens with one attached hydrogen (secondary N) is 1. The summed E-state index contributed by atoms with van der Waals surface area (Å²) >= 11 is 6.40. The van der Waals surface area contributed by atoms with Crippen molar-refractivity contribution in [3.63, 3.8) is 0 Å². The summed E-state index contributed by atoms with van der Waals surface area (Å²) in [7, 11) is 8.34. The maximum Gasteiger partial charge on any atom is 0.0834 e. The molecule has 122 valence electrons. The third-order valence-corrected chi connectivity index (χ3v) is 3.72. The van der Waals surface area contributed by atoms with Gasteiger partial charge in [-0.25, -0.2) is 0 Å². The van der Waals surface area contributed by atoms with Crippen LogP contribution in [0, 0.1) is 0 Å². The predicted molar refractivity (Wildman–Crippen MR) is 90.0 cm³/mol. The molecule has 0 aromatic carbocycles. The average Bonchev–Trinajstić information content (AvgIpc) is 2.78. The molecule has 1 aromatic rings. The van der Waals surface area contributed by atoms with Crippen LogP contribution in [-0.2, 0) is 6.54 Å². The topological polar surface area (TPSA) is 36.3 Å². The number of nitrogens with zero attached hydrogens (tertiary/aromatic N) is 4. The van der Waals surface area contributed by atoms with Gasteiger partial charge in [0.05, 0.1) is 29.5 Å². The van der Waals surface area contributed by atoms with Crippen LogP contribution in [-0.4, -0.2) is 67.4 Å². The molecule has 0 saturated heterocycles. The van der Waals surface area contributed by atoms with Crippen molar-refractivity contribution in [2.45, 2.75) is 32.4 Å². The smallest absolute Gasteiger partial charge is 0.0834 e. The fourth-order valence-electron chi connectivity index (χ4n) is 2.23. The number of hydrogen-bond acceptors (Lipinski definition) is 4. The van der Waals surface area contributed by atoms with E-state index in [2.05, 4.69) is 55.3 Å². The first-order chi connectivity index (χ1) is 9.95. The van der Waals surface area contributed by atoms with Gasteiger partial charge in [-0.05, 0) is 54.1 Å². The fraction of sp³-hybridized carbons (Fsp3) is 0.800. The second-order valence-electron chi connectivity index (χ2n) is 6.00. The summed E-state index contributed by atoms with van der Waals surface area (Å²) in [5.74, 6) is 0. The van der Waals surface area contributed by atoms with Crippen molar-refractivity contribution in [2.24, 2.45) is 0 Å². The second kappa shape index (κ2) is 9.41. The molecule has 0 bridgehead atoms. The molecule has 21 heavy (non-hydrogen) atoms. The van der Waals surface area contributed by atoms with Crippen LogP contribution in [0.15, 0.2) is 6.20 Å². The number of aromatic nitrogens is 2. The molecule has 0 aliphatic heterocycles. The first kappa shape index (κ1) is 18.4. The molecule has 0 amide bonds. The normalized spacial score (nSPS) is 13.3. The van der Waals surface area contributed by atoms with Crippen LogP contribution in [0.25, 0.3) is 0 Å². The monoisotopic (exact) mass is 315 g/mol. The van der Waals surface area contributed by atoms with E-state index in [1.54, 1.807) is 6.20 Å². The highest BCUT2D eigenvalue weighted by molar-refractivity contribution is 6.31. The standard InChI is InChI=1S/C15H30ClN5/c1-6-8-17-14(7-9-19(2)3)15-13(16)12-18-21(15)11-10-20(4)5/h12,14,17H,6-11H2,1-5H3. The summed E-state index contributed by atoms with van der Waals surface area (Å²) in [5.41, 5.74) is 1.12. The van der Waals surface area contributed by atoms with Crippen LogP contribution in [0.3, 0.4) is 0 Å². The van der Waals surface area contributed by atoms with Crippen LogP contribution in [0.1, 0.15) is 31.5 Å². The van der Waals surface area contributed by atoms with E-state index < -0.39 is 0 Å². The molecule has 1 aromatic heterocycles. The maximum absolute atomic E-state index is 6.40. The van der Waals surface area contributed by atoms with Crippen LogP contribution in [0.2, 0.25) is 5.02 Å². The van der Waals surface area contributed by atoms with Crippen LogP contribution in [0.4, 0.5) is 0 Å². The minimum Gasteiger partial charge on any atom is -0.309 e. The Balaban J connectivity index is 2.85. The summed E-state index contributed by atoms with van der Waals surface area (Å²) in [6.45, 7) is 6.02. The minimum atomic E-state index is 0.254. The largest absolute Gasteiger partial charge is 0.309 e. The van der Waals surface area contributed by atoms with Gasteiger partial charge in [0.25, 0.3) is 0 Å². The molecule has 1 rings (SSSR count). The van der Waals surface area contributed by atoms with Crippen molar-refractivity contribution < 1.29 is 0 Å². The molecule has 5 nitrogen and oxygen atoms in total. The average molecular weight is 316 g/mol. The van der Waals surface area contributed by atoms with Gasteiger partial charge in [0.15, 0.2) is 0 Å². The molecule has 0 spiro atoms. The van der Waals surface area contributed by atoms with Crippen LogP contribution >= 0.6 is 11.6 Å². The zero-order valence-corrected chi connectivity index (χ0v) is 14.8. The SMILES string of the molecule is CCCNC(CCN(C)C)c1c(Cl)cnn1CCN(C)C. The second-order valence-corrected chi connectivity index (χ2v) is 6.41. The van der Waals surface area contributed by atoms with Gasteiger partial charge >= 0.3 is 0 Å². The van der Waals surface area contributed by atoms with E-state index in [1.165, 1.54) is 0 Å². The highest BCUT2D eigenvalue weighted by Crippen LogP contribution is 2.25. The summed E-state index contributed by atoms with van der Waals surface area (Å²) in [4.78, 5) is 4.36. The van der Waals surface area contributed by atoms with Gasteiger partial charge in [0.2, 0.25) is 0 Å². The summed E-state index contributed by atoms with van der Waals surface area (Å²) in [6, 6.07) is 0.254. The molecule has 0 saturated carbocycles. The van der Waals surface area contributed by atoms with Crippen molar-refractivity contribution >= 4 is 11.6 Å². The number of hydrogen-bond donors (Lipinski definition) is 1. The lowest BCUT2D eigenvalue weighted by molar-refractivity contribution is 0.337. The highest BCUT2D eigenvalue weighted by Gasteiger charge is 2.20. The summed E-state index contributed by atoms with van der Waals surface area (Å²) in [6.07, 6.45) is 3.91. The van der Waals surface area contributed by atoms with E-state index in [0.29, 0.717) is 0 Å². The quantitative estimate of drug-likeness (QED) is 0.717. The lowest BCUT2D eigenvalue weighted by Gasteiger charge is -2.23. The third kappa shape index (κ3) is 6.34. The van der Waals surface area contributed by atoms with E-state index >= 15 is 0 Å².